The lowest BCUT2D eigenvalue weighted by Crippen LogP contribution is -2.31. The van der Waals surface area contributed by atoms with Crippen LogP contribution in [0, 0.1) is 0 Å². The van der Waals surface area contributed by atoms with Crippen molar-refractivity contribution in [1.29, 1.82) is 0 Å². The molecule has 3 N–H and O–H groups in total. The van der Waals surface area contributed by atoms with E-state index in [0.717, 1.165) is 22.5 Å². The summed E-state index contributed by atoms with van der Waals surface area (Å²) < 4.78 is 47.2. The number of nitrogens with one attached hydrogen (secondary N) is 3. The second-order valence-corrected chi connectivity index (χ2v) is 12.3. The van der Waals surface area contributed by atoms with Gasteiger partial charge in [0.05, 0.1) is 41.6 Å². The zero-order valence-electron chi connectivity index (χ0n) is 22.0. The summed E-state index contributed by atoms with van der Waals surface area (Å²) in [5.41, 5.74) is 2.59. The number of anilines is 1. The van der Waals surface area contributed by atoms with E-state index in [2.05, 4.69) is 20.5 Å². The summed E-state index contributed by atoms with van der Waals surface area (Å²) in [7, 11) is -0.649. The number of nitrogens with zero attached hydrogens (tertiary/aromatic N) is 2. The number of thiophene rings is 1. The number of benzene rings is 2. The maximum Gasteiger partial charge on any atom is 0.272 e. The predicted octanol–water partition coefficient (Wildman–Crippen LogP) is 4.81. The van der Waals surface area contributed by atoms with E-state index in [1.54, 1.807) is 17.8 Å². The number of hydrogen-bond donors (Lipinski definition) is 3. The molecule has 2 heterocycles. The molecule has 0 aliphatic heterocycles. The highest BCUT2D eigenvalue weighted by molar-refractivity contribution is 7.94. The van der Waals surface area contributed by atoms with Crippen molar-refractivity contribution in [2.24, 2.45) is 0 Å². The molecule has 0 fully saturated rings. The first-order valence-corrected chi connectivity index (χ1v) is 14.7. The largest absolute Gasteiger partial charge is 0.496 e. The second kappa shape index (κ2) is 13.7. The SMILES string of the molecule is CC(C)F.CNCC(=O)NCc1cccc(Cn2nc(NS(=O)(=O)c3ccc(Cl)s3)c3c(OC)cccc32)c1. The summed E-state index contributed by atoms with van der Waals surface area (Å²) in [4.78, 5) is 11.8. The lowest BCUT2D eigenvalue weighted by atomic mass is 10.1. The molecule has 0 aliphatic carbocycles. The van der Waals surface area contributed by atoms with Crippen LogP contribution in [0.1, 0.15) is 25.0 Å². The fourth-order valence-corrected chi connectivity index (χ4v) is 6.11. The fourth-order valence-electron chi connectivity index (χ4n) is 3.61. The van der Waals surface area contributed by atoms with Crippen LogP contribution in [-0.4, -0.2) is 51.0 Å². The van der Waals surface area contributed by atoms with E-state index in [4.69, 9.17) is 16.3 Å². The molecule has 0 radical (unpaired) electrons. The van der Waals surface area contributed by atoms with Crippen LogP contribution in [0.5, 0.6) is 5.75 Å². The molecule has 2 aromatic carbocycles. The van der Waals surface area contributed by atoms with Crippen LogP contribution < -0.4 is 20.1 Å². The van der Waals surface area contributed by atoms with Crippen LogP contribution in [-0.2, 0) is 27.9 Å². The minimum Gasteiger partial charge on any atom is -0.496 e. The number of amides is 1. The summed E-state index contributed by atoms with van der Waals surface area (Å²) >= 11 is 6.90. The predicted molar refractivity (Wildman–Crippen MR) is 154 cm³/mol. The van der Waals surface area contributed by atoms with Crippen molar-refractivity contribution in [3.63, 3.8) is 0 Å². The first kappa shape index (κ1) is 30.4. The van der Waals surface area contributed by atoms with Crippen LogP contribution in [0.2, 0.25) is 4.34 Å². The molecule has 0 saturated carbocycles. The standard InChI is InChI=1S/C23H24ClN5O4S2.C3H7F/c1-25-13-20(30)26-12-15-5-3-6-16(11-15)14-29-17-7-4-8-18(33-2)22(17)23(27-29)28-35(31,32)21-10-9-19(24)34-21;1-3(2)4/h3-11,25H,12-14H2,1-2H3,(H,26,30)(H,27,28);3H,1-2H3. The highest BCUT2D eigenvalue weighted by atomic mass is 35.5. The monoisotopic (exact) mass is 595 g/mol. The molecule has 39 heavy (non-hydrogen) atoms. The first-order chi connectivity index (χ1) is 18.5. The molecular formula is C26H31ClFN5O4S2. The fraction of sp³-hybridized carbons (Fsp3) is 0.308. The normalized spacial score (nSPS) is 11.3. The Kier molecular flexibility index (Phi) is 10.7. The average molecular weight is 596 g/mol. The van der Waals surface area contributed by atoms with Crippen molar-refractivity contribution in [2.45, 2.75) is 37.3 Å². The Labute approximate surface area is 236 Å². The van der Waals surface area contributed by atoms with Gasteiger partial charge in [0, 0.05) is 6.54 Å². The van der Waals surface area contributed by atoms with Crippen molar-refractivity contribution in [2.75, 3.05) is 25.4 Å². The zero-order valence-corrected chi connectivity index (χ0v) is 24.4. The smallest absolute Gasteiger partial charge is 0.272 e. The molecule has 0 saturated heterocycles. The maximum atomic E-state index is 13.0. The second-order valence-electron chi connectivity index (χ2n) is 8.67. The number of aromatic nitrogens is 2. The zero-order chi connectivity index (χ0) is 28.6. The number of carbonyl (C=O) groups excluding carboxylic acids is 1. The number of hydrogen-bond acceptors (Lipinski definition) is 7. The van der Waals surface area contributed by atoms with Gasteiger partial charge in [-0.1, -0.05) is 41.9 Å². The van der Waals surface area contributed by atoms with Gasteiger partial charge in [-0.25, -0.2) is 12.8 Å². The highest BCUT2D eigenvalue weighted by Gasteiger charge is 2.23. The van der Waals surface area contributed by atoms with E-state index in [0.29, 0.717) is 34.1 Å². The molecule has 4 aromatic rings. The summed E-state index contributed by atoms with van der Waals surface area (Å²) in [5, 5.41) is 10.8. The summed E-state index contributed by atoms with van der Waals surface area (Å²) in [6, 6.07) is 16.2. The van der Waals surface area contributed by atoms with Crippen LogP contribution >= 0.6 is 22.9 Å². The third kappa shape index (κ3) is 8.40. The molecule has 13 heteroatoms. The Bertz CT molecular complexity index is 1520. The number of halogens is 2. The minimum absolute atomic E-state index is 0.0907. The van der Waals surface area contributed by atoms with Crippen LogP contribution in [0.3, 0.4) is 0 Å². The Morgan fingerprint density at radius 1 is 1.15 bits per heavy atom. The molecular weight excluding hydrogens is 565 g/mol. The van der Waals surface area contributed by atoms with Crippen LogP contribution in [0.4, 0.5) is 10.2 Å². The quantitative estimate of drug-likeness (QED) is 0.242. The molecule has 210 valence electrons. The van der Waals surface area contributed by atoms with Gasteiger partial charge >= 0.3 is 0 Å². The van der Waals surface area contributed by atoms with Crippen molar-refractivity contribution < 1.29 is 22.3 Å². The summed E-state index contributed by atoms with van der Waals surface area (Å²) in [5.74, 6) is 0.570. The van der Waals surface area contributed by atoms with Crippen molar-refractivity contribution in [3.8, 4) is 5.75 Å². The molecule has 0 aliphatic rings. The third-order valence-electron chi connectivity index (χ3n) is 5.15. The number of likely N-dealkylation sites (N-methyl/N-ethyl adjacent to an activating group) is 1. The topological polar surface area (TPSA) is 114 Å². The van der Waals surface area contributed by atoms with Gasteiger partial charge in [0.25, 0.3) is 10.0 Å². The number of rotatable bonds is 10. The molecule has 0 unspecified atom stereocenters. The van der Waals surface area contributed by atoms with Gasteiger partial charge in [0.1, 0.15) is 9.96 Å². The summed E-state index contributed by atoms with van der Waals surface area (Å²) in [6.45, 7) is 4.03. The Morgan fingerprint density at radius 2 is 1.85 bits per heavy atom. The Balaban J connectivity index is 0.000000983. The van der Waals surface area contributed by atoms with Crippen molar-refractivity contribution in [3.05, 3.63) is 70.1 Å². The van der Waals surface area contributed by atoms with E-state index >= 15 is 0 Å². The van der Waals surface area contributed by atoms with Gasteiger partial charge in [0.2, 0.25) is 5.91 Å². The maximum absolute atomic E-state index is 13.0. The van der Waals surface area contributed by atoms with E-state index < -0.39 is 16.2 Å². The molecule has 0 spiro atoms. The highest BCUT2D eigenvalue weighted by Crippen LogP contribution is 2.35. The van der Waals surface area contributed by atoms with E-state index in [1.165, 1.54) is 33.1 Å². The minimum atomic E-state index is -3.89. The first-order valence-electron chi connectivity index (χ1n) is 12.0. The van der Waals surface area contributed by atoms with Gasteiger partial charge in [-0.3, -0.25) is 14.2 Å². The lowest BCUT2D eigenvalue weighted by Gasteiger charge is -2.08. The molecule has 9 nitrogen and oxygen atoms in total. The van der Waals surface area contributed by atoms with Crippen LogP contribution in [0.25, 0.3) is 10.9 Å². The van der Waals surface area contributed by atoms with Gasteiger partial charge in [-0.05, 0) is 56.3 Å². The van der Waals surface area contributed by atoms with Gasteiger partial charge in [-0.2, -0.15) is 5.10 Å². The number of fused-ring (bicyclic) bond motifs is 1. The lowest BCUT2D eigenvalue weighted by molar-refractivity contribution is -0.120. The molecule has 0 atom stereocenters. The van der Waals surface area contributed by atoms with Gasteiger partial charge in [0.15, 0.2) is 5.82 Å². The molecule has 2 aromatic heterocycles. The molecule has 1 amide bonds. The summed E-state index contributed by atoms with van der Waals surface area (Å²) in [6.07, 6.45) is -0.667. The number of methoxy groups -OCH3 is 1. The Morgan fingerprint density at radius 3 is 2.49 bits per heavy atom. The van der Waals surface area contributed by atoms with Gasteiger partial charge in [-0.15, -0.1) is 11.3 Å². The number of sulfonamides is 1. The van der Waals surface area contributed by atoms with E-state index in [1.807, 2.05) is 36.4 Å². The third-order valence-corrected chi connectivity index (χ3v) is 8.22. The molecule has 0 bridgehead atoms. The van der Waals surface area contributed by atoms with Gasteiger partial charge < -0.3 is 15.4 Å². The van der Waals surface area contributed by atoms with Crippen molar-refractivity contribution >= 4 is 55.6 Å². The number of carbonyl (C=O) groups is 1. The van der Waals surface area contributed by atoms with Crippen LogP contribution in [0.15, 0.2) is 58.8 Å². The van der Waals surface area contributed by atoms with E-state index in [9.17, 15) is 17.6 Å². The van der Waals surface area contributed by atoms with E-state index in [-0.39, 0.29) is 22.5 Å². The van der Waals surface area contributed by atoms with Crippen molar-refractivity contribution in [1.82, 2.24) is 20.4 Å². The number of ether oxygens (including phenoxy) is 1. The number of alkyl halides is 1. The Hall–Kier alpha value is -3.19. The average Bonchev–Trinajstić information content (AvgIpc) is 3.47. The molecule has 4 rings (SSSR count).